The Bertz CT molecular complexity index is 502. The summed E-state index contributed by atoms with van der Waals surface area (Å²) in [4.78, 5) is 4.01. The minimum atomic E-state index is 0.184. The summed E-state index contributed by atoms with van der Waals surface area (Å²) in [6.07, 6.45) is 5.63. The molecular weight excluding hydrogens is 256 g/mol. The van der Waals surface area contributed by atoms with Crippen molar-refractivity contribution in [3.63, 3.8) is 0 Å². The number of hydrogen-bond donors (Lipinski definition) is 1. The topological polar surface area (TPSA) is 50.7 Å². The molecule has 0 saturated heterocycles. The third-order valence-electron chi connectivity index (χ3n) is 2.62. The summed E-state index contributed by atoms with van der Waals surface area (Å²) in [5.74, 6) is 0. The zero-order valence-electron chi connectivity index (χ0n) is 11.7. The van der Waals surface area contributed by atoms with Crippen LogP contribution in [-0.2, 0) is 6.42 Å². The van der Waals surface area contributed by atoms with Crippen LogP contribution in [0, 0.1) is 0 Å². The van der Waals surface area contributed by atoms with Crippen LogP contribution in [-0.4, -0.2) is 27.3 Å². The van der Waals surface area contributed by atoms with Gasteiger partial charge in [-0.05, 0) is 45.9 Å². The molecule has 0 aliphatic carbocycles. The van der Waals surface area contributed by atoms with Crippen LogP contribution in [0.15, 0.2) is 24.5 Å². The Balaban J connectivity index is 1.85. The van der Waals surface area contributed by atoms with Gasteiger partial charge in [0.2, 0.25) is 0 Å². The van der Waals surface area contributed by atoms with E-state index in [-0.39, 0.29) is 5.54 Å². The van der Waals surface area contributed by atoms with E-state index in [1.807, 2.05) is 12.1 Å². The first-order chi connectivity index (χ1) is 9.04. The highest BCUT2D eigenvalue weighted by Crippen LogP contribution is 2.23. The van der Waals surface area contributed by atoms with Crippen molar-refractivity contribution in [2.24, 2.45) is 0 Å². The summed E-state index contributed by atoms with van der Waals surface area (Å²) < 4.78 is 0. The van der Waals surface area contributed by atoms with E-state index in [9.17, 15) is 0 Å². The van der Waals surface area contributed by atoms with E-state index in [1.54, 1.807) is 23.7 Å². The smallest absolute Gasteiger partial charge is 0.147 e. The first-order valence-corrected chi connectivity index (χ1v) is 7.34. The largest absolute Gasteiger partial charge is 0.312 e. The molecule has 1 N–H and O–H groups in total. The molecule has 4 nitrogen and oxygen atoms in total. The average Bonchev–Trinajstić information content (AvgIpc) is 2.83. The maximum absolute atomic E-state index is 4.25. The Labute approximate surface area is 118 Å². The van der Waals surface area contributed by atoms with Gasteiger partial charge in [-0.1, -0.05) is 11.3 Å². The van der Waals surface area contributed by atoms with E-state index in [0.29, 0.717) is 0 Å². The summed E-state index contributed by atoms with van der Waals surface area (Å²) in [7, 11) is 0. The number of rotatable bonds is 5. The van der Waals surface area contributed by atoms with Gasteiger partial charge >= 0.3 is 0 Å². The summed E-state index contributed by atoms with van der Waals surface area (Å²) in [5, 5.41) is 14.0. The van der Waals surface area contributed by atoms with Crippen molar-refractivity contribution in [1.29, 1.82) is 0 Å². The number of pyridine rings is 1. The van der Waals surface area contributed by atoms with Gasteiger partial charge < -0.3 is 5.32 Å². The lowest BCUT2D eigenvalue weighted by molar-refractivity contribution is 0.422. The molecule has 0 spiro atoms. The zero-order valence-corrected chi connectivity index (χ0v) is 12.5. The average molecular weight is 276 g/mol. The van der Waals surface area contributed by atoms with E-state index in [1.165, 1.54) is 0 Å². The fourth-order valence-electron chi connectivity index (χ4n) is 1.67. The third-order valence-corrected chi connectivity index (χ3v) is 3.65. The van der Waals surface area contributed by atoms with Gasteiger partial charge in [0.15, 0.2) is 0 Å². The lowest BCUT2D eigenvalue weighted by Gasteiger charge is -2.20. The monoisotopic (exact) mass is 276 g/mol. The number of nitrogens with zero attached hydrogens (tertiary/aromatic N) is 3. The number of hydrogen-bond acceptors (Lipinski definition) is 5. The highest BCUT2D eigenvalue weighted by atomic mass is 32.1. The molecule has 0 amide bonds. The van der Waals surface area contributed by atoms with Crippen LogP contribution in [0.1, 0.15) is 32.2 Å². The molecule has 0 fully saturated rings. The lowest BCUT2D eigenvalue weighted by atomic mass is 10.1. The molecule has 2 rings (SSSR count). The van der Waals surface area contributed by atoms with Gasteiger partial charge in [0.25, 0.3) is 0 Å². The predicted octanol–water partition coefficient (Wildman–Crippen LogP) is 2.92. The number of aromatic nitrogens is 3. The van der Waals surface area contributed by atoms with E-state index in [4.69, 9.17) is 0 Å². The van der Waals surface area contributed by atoms with Gasteiger partial charge in [-0.15, -0.1) is 10.2 Å². The molecule has 0 aliphatic heterocycles. The first kappa shape index (κ1) is 14.1. The summed E-state index contributed by atoms with van der Waals surface area (Å²) in [5.41, 5.74) is 1.27. The van der Waals surface area contributed by atoms with Crippen molar-refractivity contribution in [2.45, 2.75) is 39.2 Å². The van der Waals surface area contributed by atoms with Crippen LogP contribution >= 0.6 is 11.3 Å². The van der Waals surface area contributed by atoms with E-state index >= 15 is 0 Å². The van der Waals surface area contributed by atoms with E-state index < -0.39 is 0 Å². The van der Waals surface area contributed by atoms with Crippen molar-refractivity contribution in [1.82, 2.24) is 20.5 Å². The molecule has 2 aromatic heterocycles. The summed E-state index contributed by atoms with van der Waals surface area (Å²) >= 11 is 1.67. The van der Waals surface area contributed by atoms with Gasteiger partial charge in [-0.25, -0.2) is 0 Å². The molecular formula is C14H20N4S. The first-order valence-electron chi connectivity index (χ1n) is 6.52. The Morgan fingerprint density at radius 1 is 1.16 bits per heavy atom. The van der Waals surface area contributed by atoms with Gasteiger partial charge in [0, 0.05) is 29.9 Å². The molecule has 102 valence electrons. The van der Waals surface area contributed by atoms with Crippen LogP contribution in [0.5, 0.6) is 0 Å². The molecule has 2 aromatic rings. The number of aryl methyl sites for hydroxylation is 1. The molecule has 0 aliphatic rings. The Morgan fingerprint density at radius 2 is 1.89 bits per heavy atom. The molecule has 0 saturated carbocycles. The van der Waals surface area contributed by atoms with E-state index in [0.717, 1.165) is 35.0 Å². The third kappa shape index (κ3) is 4.69. The van der Waals surface area contributed by atoms with Crippen LogP contribution in [0.2, 0.25) is 0 Å². The molecule has 0 unspecified atom stereocenters. The summed E-state index contributed by atoms with van der Waals surface area (Å²) in [6, 6.07) is 3.93. The van der Waals surface area contributed by atoms with Crippen LogP contribution in [0.4, 0.5) is 0 Å². The molecule has 0 aromatic carbocycles. The standard InChI is InChI=1S/C14H20N4S/c1-14(2,3)16-8-4-5-12-17-18-13(19-12)11-6-9-15-10-7-11/h6-7,9-10,16H,4-5,8H2,1-3H3. The second-order valence-corrected chi connectivity index (χ2v) is 6.58. The van der Waals surface area contributed by atoms with E-state index in [2.05, 4.69) is 41.3 Å². The van der Waals surface area contributed by atoms with Gasteiger partial charge in [-0.2, -0.15) is 0 Å². The van der Waals surface area contributed by atoms with Crippen LogP contribution in [0.25, 0.3) is 10.6 Å². The second-order valence-electron chi connectivity index (χ2n) is 5.52. The number of nitrogens with one attached hydrogen (secondary N) is 1. The second kappa shape index (κ2) is 6.21. The molecule has 19 heavy (non-hydrogen) atoms. The fraction of sp³-hybridized carbons (Fsp3) is 0.500. The maximum atomic E-state index is 4.25. The van der Waals surface area contributed by atoms with Crippen LogP contribution in [0.3, 0.4) is 0 Å². The predicted molar refractivity (Wildman–Crippen MR) is 79.2 cm³/mol. The maximum Gasteiger partial charge on any atom is 0.147 e. The SMILES string of the molecule is CC(C)(C)NCCCc1nnc(-c2ccncc2)s1. The normalized spacial score (nSPS) is 11.7. The minimum Gasteiger partial charge on any atom is -0.312 e. The molecule has 5 heteroatoms. The van der Waals surface area contributed by atoms with Gasteiger partial charge in [-0.3, -0.25) is 4.98 Å². The lowest BCUT2D eigenvalue weighted by Crippen LogP contribution is -2.36. The van der Waals surface area contributed by atoms with Crippen molar-refractivity contribution < 1.29 is 0 Å². The van der Waals surface area contributed by atoms with Gasteiger partial charge in [0.05, 0.1) is 0 Å². The molecule has 0 atom stereocenters. The van der Waals surface area contributed by atoms with Crippen LogP contribution < -0.4 is 5.32 Å². The van der Waals surface area contributed by atoms with Gasteiger partial charge in [0.1, 0.15) is 10.0 Å². The molecule has 0 radical (unpaired) electrons. The Morgan fingerprint density at radius 3 is 2.58 bits per heavy atom. The van der Waals surface area contributed by atoms with Crippen molar-refractivity contribution in [3.05, 3.63) is 29.5 Å². The minimum absolute atomic E-state index is 0.184. The molecule has 2 heterocycles. The Hall–Kier alpha value is -1.33. The highest BCUT2D eigenvalue weighted by molar-refractivity contribution is 7.14. The quantitative estimate of drug-likeness (QED) is 0.853. The molecule has 0 bridgehead atoms. The Kier molecular flexibility index (Phi) is 4.61. The highest BCUT2D eigenvalue weighted by Gasteiger charge is 2.09. The summed E-state index contributed by atoms with van der Waals surface area (Å²) in [6.45, 7) is 7.55. The van der Waals surface area contributed by atoms with Crippen molar-refractivity contribution >= 4 is 11.3 Å². The van der Waals surface area contributed by atoms with Crippen molar-refractivity contribution in [2.75, 3.05) is 6.54 Å². The fourth-order valence-corrected chi connectivity index (χ4v) is 2.56. The van der Waals surface area contributed by atoms with Crippen molar-refractivity contribution in [3.8, 4) is 10.6 Å². The zero-order chi connectivity index (χ0) is 13.7.